The van der Waals surface area contributed by atoms with Crippen LogP contribution in [0.15, 0.2) is 36.4 Å². The summed E-state index contributed by atoms with van der Waals surface area (Å²) in [5, 5.41) is 13.7. The number of rotatable bonds is 7. The topological polar surface area (TPSA) is 93.2 Å². The number of amides is 1. The van der Waals surface area contributed by atoms with E-state index in [9.17, 15) is 9.59 Å². The highest BCUT2D eigenvalue weighted by Gasteiger charge is 2.11. The van der Waals surface area contributed by atoms with Crippen LogP contribution in [0.1, 0.15) is 40.6 Å². The Morgan fingerprint density at radius 3 is 2.67 bits per heavy atom. The number of nitrogens with one attached hydrogen (secondary N) is 2. The molecule has 0 saturated carbocycles. The lowest BCUT2D eigenvalue weighted by Crippen LogP contribution is -2.15. The number of ether oxygens (including phenoxy) is 1. The van der Waals surface area contributed by atoms with E-state index in [2.05, 4.69) is 32.5 Å². The molecule has 0 aliphatic rings. The first kappa shape index (κ1) is 17.4. The molecule has 0 saturated heterocycles. The van der Waals surface area contributed by atoms with E-state index in [1.165, 1.54) is 13.2 Å². The quantitative estimate of drug-likeness (QED) is 0.599. The van der Waals surface area contributed by atoms with E-state index >= 15 is 0 Å². The third-order valence-electron chi connectivity index (χ3n) is 3.28. The van der Waals surface area contributed by atoms with E-state index in [1.54, 1.807) is 30.3 Å². The predicted molar refractivity (Wildman–Crippen MR) is 91.2 cm³/mol. The highest BCUT2D eigenvalue weighted by molar-refractivity contribution is 6.03. The lowest BCUT2D eigenvalue weighted by atomic mass is 10.2. The summed E-state index contributed by atoms with van der Waals surface area (Å²) in [5.74, 6) is -0.231. The summed E-state index contributed by atoms with van der Waals surface area (Å²) in [7, 11) is 1.30. The summed E-state index contributed by atoms with van der Waals surface area (Å²) < 4.78 is 4.65. The average molecular weight is 328 g/mol. The summed E-state index contributed by atoms with van der Waals surface area (Å²) >= 11 is 0. The van der Waals surface area contributed by atoms with E-state index in [0.717, 1.165) is 19.4 Å². The Kier molecular flexibility index (Phi) is 6.24. The second kappa shape index (κ2) is 8.61. The summed E-state index contributed by atoms with van der Waals surface area (Å²) in [6, 6.07) is 9.80. The van der Waals surface area contributed by atoms with Gasteiger partial charge in [-0.1, -0.05) is 19.4 Å². The third kappa shape index (κ3) is 4.77. The Hall–Kier alpha value is -2.96. The summed E-state index contributed by atoms with van der Waals surface area (Å²) in [6.45, 7) is 2.92. The largest absolute Gasteiger partial charge is 0.465 e. The fraction of sp³-hybridized carbons (Fsp3) is 0.294. The molecule has 2 aromatic rings. The monoisotopic (exact) mass is 328 g/mol. The number of methoxy groups -OCH3 is 1. The first-order valence-electron chi connectivity index (χ1n) is 7.71. The van der Waals surface area contributed by atoms with Gasteiger partial charge in [0.25, 0.3) is 5.91 Å². The molecule has 7 heteroatoms. The number of benzene rings is 1. The molecule has 1 aromatic heterocycles. The number of carbonyl (C=O) groups excluding carboxylic acids is 2. The van der Waals surface area contributed by atoms with Crippen molar-refractivity contribution in [3.8, 4) is 0 Å². The number of unbranched alkanes of at least 4 members (excludes halogenated alkanes) is 1. The summed E-state index contributed by atoms with van der Waals surface area (Å²) in [5.41, 5.74) is 1.03. The summed E-state index contributed by atoms with van der Waals surface area (Å²) in [4.78, 5) is 23.7. The van der Waals surface area contributed by atoms with E-state index in [0.29, 0.717) is 17.1 Å². The van der Waals surface area contributed by atoms with E-state index in [4.69, 9.17) is 0 Å². The molecule has 7 nitrogen and oxygen atoms in total. The number of aromatic nitrogens is 2. The maximum absolute atomic E-state index is 12.2. The standard InChI is InChI=1S/C17H20N4O3/c1-3-4-10-18-15-9-8-14(20-21-15)16(22)19-13-7-5-6-12(11-13)17(23)24-2/h5-9,11H,3-4,10H2,1-2H3,(H,18,21)(H,19,22). The Labute approximate surface area is 140 Å². The van der Waals surface area contributed by atoms with Crippen molar-refractivity contribution in [1.82, 2.24) is 10.2 Å². The number of esters is 1. The predicted octanol–water partition coefficient (Wildman–Crippen LogP) is 2.73. The first-order valence-corrected chi connectivity index (χ1v) is 7.71. The van der Waals surface area contributed by atoms with Crippen molar-refractivity contribution in [3.63, 3.8) is 0 Å². The highest BCUT2D eigenvalue weighted by atomic mass is 16.5. The van der Waals surface area contributed by atoms with Crippen LogP contribution in [0.2, 0.25) is 0 Å². The SMILES string of the molecule is CCCCNc1ccc(C(=O)Nc2cccc(C(=O)OC)c2)nn1. The Bertz CT molecular complexity index is 701. The molecule has 1 aromatic carbocycles. The first-order chi connectivity index (χ1) is 11.6. The maximum Gasteiger partial charge on any atom is 0.337 e. The van der Waals surface area contributed by atoms with Crippen LogP contribution in [-0.2, 0) is 4.74 Å². The third-order valence-corrected chi connectivity index (χ3v) is 3.28. The lowest BCUT2D eigenvalue weighted by molar-refractivity contribution is 0.0600. The number of hydrogen-bond donors (Lipinski definition) is 2. The van der Waals surface area contributed by atoms with Gasteiger partial charge < -0.3 is 15.4 Å². The minimum absolute atomic E-state index is 0.194. The Morgan fingerprint density at radius 1 is 1.17 bits per heavy atom. The molecule has 2 N–H and O–H groups in total. The van der Waals surface area contributed by atoms with Crippen molar-refractivity contribution < 1.29 is 14.3 Å². The Morgan fingerprint density at radius 2 is 2.00 bits per heavy atom. The smallest absolute Gasteiger partial charge is 0.337 e. The molecule has 0 unspecified atom stereocenters. The van der Waals surface area contributed by atoms with Gasteiger partial charge >= 0.3 is 5.97 Å². The van der Waals surface area contributed by atoms with Gasteiger partial charge in [0.05, 0.1) is 12.7 Å². The zero-order valence-corrected chi connectivity index (χ0v) is 13.7. The summed E-state index contributed by atoms with van der Waals surface area (Å²) in [6.07, 6.45) is 2.13. The van der Waals surface area contributed by atoms with E-state index in [1.807, 2.05) is 0 Å². The minimum Gasteiger partial charge on any atom is -0.465 e. The van der Waals surface area contributed by atoms with Crippen LogP contribution in [0.25, 0.3) is 0 Å². The maximum atomic E-state index is 12.2. The molecule has 0 spiro atoms. The molecular formula is C17H20N4O3. The van der Waals surface area contributed by atoms with Gasteiger partial charge in [0.2, 0.25) is 0 Å². The molecule has 0 aliphatic carbocycles. The second-order valence-electron chi connectivity index (χ2n) is 5.11. The van der Waals surface area contributed by atoms with Crippen LogP contribution < -0.4 is 10.6 Å². The van der Waals surface area contributed by atoms with Gasteiger partial charge in [-0.3, -0.25) is 4.79 Å². The van der Waals surface area contributed by atoms with E-state index < -0.39 is 11.9 Å². The molecule has 1 heterocycles. The molecule has 1 amide bonds. The van der Waals surface area contributed by atoms with Crippen molar-refractivity contribution in [3.05, 3.63) is 47.7 Å². The lowest BCUT2D eigenvalue weighted by Gasteiger charge is -2.07. The van der Waals surface area contributed by atoms with Crippen molar-refractivity contribution in [2.45, 2.75) is 19.8 Å². The normalized spacial score (nSPS) is 10.1. The number of carbonyl (C=O) groups is 2. The van der Waals surface area contributed by atoms with Crippen LogP contribution in [0.4, 0.5) is 11.5 Å². The van der Waals surface area contributed by atoms with Gasteiger partial charge in [0.1, 0.15) is 5.82 Å². The fourth-order valence-electron chi connectivity index (χ4n) is 1.98. The van der Waals surface area contributed by atoms with Gasteiger partial charge in [-0.2, -0.15) is 0 Å². The van der Waals surface area contributed by atoms with Crippen molar-refractivity contribution in [2.75, 3.05) is 24.3 Å². The zero-order chi connectivity index (χ0) is 17.4. The molecule has 126 valence electrons. The highest BCUT2D eigenvalue weighted by Crippen LogP contribution is 2.13. The van der Waals surface area contributed by atoms with Crippen LogP contribution in [-0.4, -0.2) is 35.7 Å². The van der Waals surface area contributed by atoms with Crippen molar-refractivity contribution in [1.29, 1.82) is 0 Å². The minimum atomic E-state index is -0.464. The van der Waals surface area contributed by atoms with Crippen LogP contribution in [0, 0.1) is 0 Å². The van der Waals surface area contributed by atoms with Gasteiger partial charge in [-0.05, 0) is 36.8 Å². The average Bonchev–Trinajstić information content (AvgIpc) is 2.62. The Balaban J connectivity index is 2.00. The number of nitrogens with zero attached hydrogens (tertiary/aromatic N) is 2. The molecule has 0 atom stereocenters. The van der Waals surface area contributed by atoms with Crippen LogP contribution in [0.3, 0.4) is 0 Å². The number of hydrogen-bond acceptors (Lipinski definition) is 6. The molecule has 0 radical (unpaired) electrons. The van der Waals surface area contributed by atoms with Gasteiger partial charge in [0, 0.05) is 12.2 Å². The van der Waals surface area contributed by atoms with Crippen LogP contribution in [0.5, 0.6) is 0 Å². The molecule has 2 rings (SSSR count). The van der Waals surface area contributed by atoms with E-state index in [-0.39, 0.29) is 5.69 Å². The molecule has 0 fully saturated rings. The van der Waals surface area contributed by atoms with Crippen molar-refractivity contribution >= 4 is 23.4 Å². The molecule has 0 bridgehead atoms. The fourth-order valence-corrected chi connectivity index (χ4v) is 1.98. The van der Waals surface area contributed by atoms with Crippen molar-refractivity contribution in [2.24, 2.45) is 0 Å². The van der Waals surface area contributed by atoms with Gasteiger partial charge in [-0.15, -0.1) is 10.2 Å². The van der Waals surface area contributed by atoms with Gasteiger partial charge in [0.15, 0.2) is 5.69 Å². The second-order valence-corrected chi connectivity index (χ2v) is 5.11. The molecular weight excluding hydrogens is 308 g/mol. The molecule has 24 heavy (non-hydrogen) atoms. The number of anilines is 2. The van der Waals surface area contributed by atoms with Crippen LogP contribution >= 0.6 is 0 Å². The zero-order valence-electron chi connectivity index (χ0n) is 13.7. The molecule has 0 aliphatic heterocycles. The van der Waals surface area contributed by atoms with Gasteiger partial charge in [-0.25, -0.2) is 4.79 Å².